The summed E-state index contributed by atoms with van der Waals surface area (Å²) < 4.78 is 5.87. The van der Waals surface area contributed by atoms with Crippen LogP contribution in [0, 0.1) is 0 Å². The Morgan fingerprint density at radius 1 is 0.646 bits per heavy atom. The van der Waals surface area contributed by atoms with Gasteiger partial charge in [-0.3, -0.25) is 14.4 Å². The van der Waals surface area contributed by atoms with Crippen LogP contribution in [0.1, 0.15) is 136 Å². The topological polar surface area (TPSA) is 142 Å². The fraction of sp³-hybridized carbons (Fsp3) is 0.641. The zero-order chi connectivity index (χ0) is 35.5. The van der Waals surface area contributed by atoms with E-state index < -0.39 is 24.5 Å². The molecular weight excluding hydrogens is 608 g/mol. The molecule has 0 saturated heterocycles. The van der Waals surface area contributed by atoms with Gasteiger partial charge in [-0.15, -0.1) is 0 Å². The van der Waals surface area contributed by atoms with E-state index in [1.807, 2.05) is 12.2 Å². The molecule has 0 aliphatic heterocycles. The van der Waals surface area contributed by atoms with Crippen LogP contribution < -0.4 is 10.6 Å². The van der Waals surface area contributed by atoms with E-state index in [0.29, 0.717) is 6.42 Å². The lowest BCUT2D eigenvalue weighted by atomic mass is 10.0. The average Bonchev–Trinajstić information content (AvgIpc) is 3.07. The highest BCUT2D eigenvalue weighted by Gasteiger charge is 2.19. The van der Waals surface area contributed by atoms with Crippen molar-refractivity contribution in [2.24, 2.45) is 0 Å². The van der Waals surface area contributed by atoms with Crippen LogP contribution in [-0.2, 0) is 23.9 Å². The van der Waals surface area contributed by atoms with E-state index in [2.05, 4.69) is 73.1 Å². The Bertz CT molecular complexity index is 1000. The molecule has 9 heteroatoms. The molecule has 0 aromatic rings. The molecule has 4 N–H and O–H groups in total. The van der Waals surface area contributed by atoms with Crippen molar-refractivity contribution in [2.45, 2.75) is 148 Å². The molecule has 0 rings (SSSR count). The number of carbonyl (C=O) groups excluding carboxylic acids is 3. The van der Waals surface area contributed by atoms with Crippen LogP contribution >= 0.6 is 0 Å². The molecule has 9 nitrogen and oxygen atoms in total. The number of aliphatic hydroxyl groups excluding tert-OH is 1. The molecule has 0 aromatic heterocycles. The van der Waals surface area contributed by atoms with E-state index in [9.17, 15) is 19.2 Å². The minimum atomic E-state index is -1.39. The van der Waals surface area contributed by atoms with Gasteiger partial charge in [0, 0.05) is 6.42 Å². The highest BCUT2D eigenvalue weighted by Crippen LogP contribution is 2.17. The van der Waals surface area contributed by atoms with Crippen LogP contribution in [0.2, 0.25) is 0 Å². The number of unbranched alkanes of at least 4 members (excludes halogenated alkanes) is 8. The largest absolute Gasteiger partial charge is 0.480 e. The maximum absolute atomic E-state index is 12.6. The molecule has 0 saturated carbocycles. The second-order valence-corrected chi connectivity index (χ2v) is 12.0. The molecule has 48 heavy (non-hydrogen) atoms. The number of hydrogen-bond donors (Lipinski definition) is 4. The number of hydrogen-bond acceptors (Lipinski definition) is 6. The molecule has 0 heterocycles. The van der Waals surface area contributed by atoms with Gasteiger partial charge in [0.25, 0.3) is 0 Å². The van der Waals surface area contributed by atoms with Gasteiger partial charge in [-0.25, -0.2) is 4.79 Å². The van der Waals surface area contributed by atoms with Crippen molar-refractivity contribution < 1.29 is 34.1 Å². The number of carboxylic acids is 1. The number of rotatable bonds is 31. The van der Waals surface area contributed by atoms with E-state index in [4.69, 9.17) is 14.9 Å². The molecule has 2 atom stereocenters. The van der Waals surface area contributed by atoms with Gasteiger partial charge >= 0.3 is 11.9 Å². The predicted molar refractivity (Wildman–Crippen MR) is 194 cm³/mol. The van der Waals surface area contributed by atoms with E-state index in [1.165, 1.54) is 25.7 Å². The number of aliphatic carboxylic acids is 1. The number of carbonyl (C=O) groups is 4. The highest BCUT2D eigenvalue weighted by molar-refractivity contribution is 5.87. The van der Waals surface area contributed by atoms with Crippen molar-refractivity contribution in [3.63, 3.8) is 0 Å². The van der Waals surface area contributed by atoms with Gasteiger partial charge in [0.05, 0.1) is 19.6 Å². The van der Waals surface area contributed by atoms with Crippen LogP contribution in [-0.4, -0.2) is 59.3 Å². The van der Waals surface area contributed by atoms with Crippen molar-refractivity contribution in [1.82, 2.24) is 10.6 Å². The summed E-state index contributed by atoms with van der Waals surface area (Å²) >= 11 is 0. The van der Waals surface area contributed by atoms with Gasteiger partial charge in [-0.1, -0.05) is 120 Å². The first-order valence-corrected chi connectivity index (χ1v) is 18.2. The standard InChI is InChI=1S/C39H64N2O7/c1-3-5-7-9-11-12-13-14-15-16-17-18-19-21-27-31-38(45)48-34(28-24-20-10-8-6-4-2)29-25-22-23-26-30-36(43)40-32-37(44)41-35(33-42)39(46)47/h5,7,11-12,14-15,17-18,21,27,34-35,42H,3-4,6,8-10,13,16,19-20,22-26,28-33H2,1-2H3,(H,40,43)(H,41,44)(H,46,47)/b7-5-,12-11-,15-14-,18-17-,27-21-. The summed E-state index contributed by atoms with van der Waals surface area (Å²) in [5, 5.41) is 22.4. The highest BCUT2D eigenvalue weighted by atomic mass is 16.5. The molecule has 2 amide bonds. The lowest BCUT2D eigenvalue weighted by molar-refractivity contribution is -0.148. The van der Waals surface area contributed by atoms with Crippen molar-refractivity contribution in [1.29, 1.82) is 0 Å². The summed E-state index contributed by atoms with van der Waals surface area (Å²) in [6.45, 7) is 3.28. The third-order valence-electron chi connectivity index (χ3n) is 7.56. The fourth-order valence-corrected chi connectivity index (χ4v) is 4.79. The summed E-state index contributed by atoms with van der Waals surface area (Å²) in [7, 11) is 0. The van der Waals surface area contributed by atoms with E-state index in [0.717, 1.165) is 77.0 Å². The van der Waals surface area contributed by atoms with Gasteiger partial charge in [0.1, 0.15) is 12.1 Å². The van der Waals surface area contributed by atoms with Crippen molar-refractivity contribution >= 4 is 23.8 Å². The lowest BCUT2D eigenvalue weighted by Gasteiger charge is -2.18. The summed E-state index contributed by atoms with van der Waals surface area (Å²) in [6, 6.07) is -1.39. The Hall–Kier alpha value is -3.46. The zero-order valence-corrected chi connectivity index (χ0v) is 29.7. The number of esters is 1. The summed E-state index contributed by atoms with van der Waals surface area (Å²) in [4.78, 5) is 47.2. The zero-order valence-electron chi connectivity index (χ0n) is 29.7. The van der Waals surface area contributed by atoms with E-state index in [-0.39, 0.29) is 37.4 Å². The Kier molecular flexibility index (Phi) is 31.0. The summed E-state index contributed by atoms with van der Waals surface area (Å²) in [6.07, 6.45) is 38.4. The molecule has 0 spiro atoms. The van der Waals surface area contributed by atoms with E-state index >= 15 is 0 Å². The SMILES string of the molecule is CC/C=C\C/C=C\C/C=C\C/C=C\C/C=C\CC(=O)OC(CCCCCCCC)CCCCCCC(=O)NCC(=O)NC(CO)C(=O)O. The minimum absolute atomic E-state index is 0.0956. The van der Waals surface area contributed by atoms with Crippen LogP contribution in [0.3, 0.4) is 0 Å². The molecule has 272 valence electrons. The van der Waals surface area contributed by atoms with Crippen molar-refractivity contribution in [2.75, 3.05) is 13.2 Å². The Labute approximate surface area is 290 Å². The Balaban J connectivity index is 4.35. The van der Waals surface area contributed by atoms with Crippen LogP contribution in [0.4, 0.5) is 0 Å². The summed E-state index contributed by atoms with van der Waals surface area (Å²) in [5.41, 5.74) is 0. The predicted octanol–water partition coefficient (Wildman–Crippen LogP) is 7.81. The average molecular weight is 673 g/mol. The lowest BCUT2D eigenvalue weighted by Crippen LogP contribution is -2.47. The van der Waals surface area contributed by atoms with Crippen molar-refractivity contribution in [3.05, 3.63) is 60.8 Å². The number of allylic oxidation sites excluding steroid dienone is 9. The fourth-order valence-electron chi connectivity index (χ4n) is 4.79. The first-order chi connectivity index (χ1) is 23.3. The van der Waals surface area contributed by atoms with Crippen molar-refractivity contribution in [3.8, 4) is 0 Å². The van der Waals surface area contributed by atoms with Gasteiger partial charge < -0.3 is 25.6 Å². The number of amides is 2. The number of aliphatic hydroxyl groups is 1. The van der Waals surface area contributed by atoms with E-state index in [1.54, 1.807) is 0 Å². The molecule has 0 radical (unpaired) electrons. The molecule has 2 unspecified atom stereocenters. The summed E-state index contributed by atoms with van der Waals surface area (Å²) in [5.74, 6) is -2.49. The van der Waals surface area contributed by atoms with Crippen LogP contribution in [0.5, 0.6) is 0 Å². The number of nitrogens with one attached hydrogen (secondary N) is 2. The first kappa shape index (κ1) is 44.5. The number of ether oxygens (including phenoxy) is 1. The third kappa shape index (κ3) is 29.9. The van der Waals surface area contributed by atoms with Gasteiger partial charge in [0.15, 0.2) is 0 Å². The molecule has 0 aliphatic rings. The molecule has 0 fully saturated rings. The van der Waals surface area contributed by atoms with Gasteiger partial charge in [0.2, 0.25) is 11.8 Å². The minimum Gasteiger partial charge on any atom is -0.480 e. The van der Waals surface area contributed by atoms with Crippen LogP contribution in [0.15, 0.2) is 60.8 Å². The Morgan fingerprint density at radius 3 is 1.67 bits per heavy atom. The first-order valence-electron chi connectivity index (χ1n) is 18.2. The second-order valence-electron chi connectivity index (χ2n) is 12.0. The quantitative estimate of drug-likeness (QED) is 0.0334. The monoisotopic (exact) mass is 672 g/mol. The van der Waals surface area contributed by atoms with Gasteiger partial charge in [-0.05, 0) is 64.2 Å². The second kappa shape index (κ2) is 33.4. The smallest absolute Gasteiger partial charge is 0.328 e. The van der Waals surface area contributed by atoms with Gasteiger partial charge in [-0.2, -0.15) is 0 Å². The normalized spacial score (nSPS) is 13.2. The maximum Gasteiger partial charge on any atom is 0.328 e. The van der Waals surface area contributed by atoms with Crippen LogP contribution in [0.25, 0.3) is 0 Å². The molecule has 0 aliphatic carbocycles. The third-order valence-corrected chi connectivity index (χ3v) is 7.56. The maximum atomic E-state index is 12.6. The molecular formula is C39H64N2O7. The molecule has 0 bridgehead atoms. The molecule has 0 aromatic carbocycles. The number of carboxylic acid groups (broad SMARTS) is 1. The Morgan fingerprint density at radius 2 is 1.15 bits per heavy atom.